The first-order chi connectivity index (χ1) is 11.0. The summed E-state index contributed by atoms with van der Waals surface area (Å²) in [5, 5.41) is 1.63. The summed E-state index contributed by atoms with van der Waals surface area (Å²) in [5.74, 6) is -0.277. The Balaban J connectivity index is 1.68. The van der Waals surface area contributed by atoms with Crippen molar-refractivity contribution in [3.05, 3.63) is 69.9 Å². The van der Waals surface area contributed by atoms with Gasteiger partial charge in [0.25, 0.3) is 0 Å². The summed E-state index contributed by atoms with van der Waals surface area (Å²) in [6.07, 6.45) is 1.83. The lowest BCUT2D eigenvalue weighted by atomic mass is 10.0. The van der Waals surface area contributed by atoms with Crippen LogP contribution in [0.25, 0.3) is 11.0 Å². The van der Waals surface area contributed by atoms with Crippen LogP contribution in [0, 0.1) is 13.8 Å². The van der Waals surface area contributed by atoms with E-state index in [4.69, 9.17) is 20.8 Å². The zero-order chi connectivity index (χ0) is 16.4. The molecule has 118 valence electrons. The second-order valence-corrected chi connectivity index (χ2v) is 6.09. The van der Waals surface area contributed by atoms with E-state index in [-0.39, 0.29) is 19.0 Å². The molecule has 0 fully saturated rings. The second-order valence-electron chi connectivity index (χ2n) is 5.66. The van der Waals surface area contributed by atoms with Crippen LogP contribution in [0.5, 0.6) is 0 Å². The third-order valence-electron chi connectivity index (χ3n) is 3.92. The van der Waals surface area contributed by atoms with Crippen molar-refractivity contribution in [3.63, 3.8) is 0 Å². The number of fused-ring (bicyclic) bond motifs is 1. The summed E-state index contributed by atoms with van der Waals surface area (Å²) in [6.45, 7) is 4.33. The van der Waals surface area contributed by atoms with Crippen molar-refractivity contribution in [2.75, 3.05) is 0 Å². The van der Waals surface area contributed by atoms with Gasteiger partial charge in [0.2, 0.25) is 0 Å². The molecule has 0 spiro atoms. The van der Waals surface area contributed by atoms with E-state index >= 15 is 0 Å². The molecule has 0 saturated heterocycles. The van der Waals surface area contributed by atoms with Crippen molar-refractivity contribution in [1.29, 1.82) is 0 Å². The molecule has 0 amide bonds. The van der Waals surface area contributed by atoms with Gasteiger partial charge in [0, 0.05) is 16.0 Å². The van der Waals surface area contributed by atoms with Gasteiger partial charge in [0.15, 0.2) is 0 Å². The van der Waals surface area contributed by atoms with Crippen molar-refractivity contribution in [2.45, 2.75) is 26.9 Å². The molecule has 0 bridgehead atoms. The Morgan fingerprint density at radius 3 is 2.57 bits per heavy atom. The van der Waals surface area contributed by atoms with Gasteiger partial charge >= 0.3 is 5.97 Å². The molecule has 3 nitrogen and oxygen atoms in total. The monoisotopic (exact) mass is 328 g/mol. The lowest BCUT2D eigenvalue weighted by molar-refractivity contribution is -0.144. The summed E-state index contributed by atoms with van der Waals surface area (Å²) in [4.78, 5) is 12.1. The van der Waals surface area contributed by atoms with Crippen LogP contribution in [0.1, 0.15) is 22.3 Å². The molecule has 2 aromatic carbocycles. The number of hydrogen-bond acceptors (Lipinski definition) is 3. The summed E-state index contributed by atoms with van der Waals surface area (Å²) < 4.78 is 10.9. The molecule has 0 N–H and O–H groups in total. The molecule has 3 aromatic rings. The minimum Gasteiger partial charge on any atom is -0.464 e. The molecule has 0 unspecified atom stereocenters. The van der Waals surface area contributed by atoms with Gasteiger partial charge in [-0.25, -0.2) is 0 Å². The molecular weight excluding hydrogens is 312 g/mol. The Morgan fingerprint density at radius 1 is 1.13 bits per heavy atom. The van der Waals surface area contributed by atoms with Gasteiger partial charge in [-0.1, -0.05) is 23.7 Å². The van der Waals surface area contributed by atoms with Crippen LogP contribution in [-0.2, 0) is 22.6 Å². The highest BCUT2D eigenvalue weighted by Gasteiger charge is 2.12. The van der Waals surface area contributed by atoms with Crippen LogP contribution in [0.4, 0.5) is 0 Å². The predicted molar refractivity (Wildman–Crippen MR) is 90.6 cm³/mol. The van der Waals surface area contributed by atoms with Gasteiger partial charge in [-0.15, -0.1) is 0 Å². The smallest absolute Gasteiger partial charge is 0.310 e. The fourth-order valence-corrected chi connectivity index (χ4v) is 2.55. The Bertz CT molecular complexity index is 847. The number of furan rings is 1. The predicted octanol–water partition coefficient (Wildman–Crippen LogP) is 4.99. The average Bonchev–Trinajstić information content (AvgIpc) is 2.89. The van der Waals surface area contributed by atoms with E-state index in [9.17, 15) is 4.79 Å². The molecular formula is C19H17ClO3. The third-order valence-corrected chi connectivity index (χ3v) is 4.17. The Hall–Kier alpha value is -2.26. The normalized spacial score (nSPS) is 10.9. The van der Waals surface area contributed by atoms with Gasteiger partial charge in [-0.3, -0.25) is 4.79 Å². The van der Waals surface area contributed by atoms with Crippen LogP contribution in [0.3, 0.4) is 0 Å². The van der Waals surface area contributed by atoms with E-state index in [0.29, 0.717) is 5.02 Å². The number of carbonyl (C=O) groups excluding carboxylic acids is 1. The van der Waals surface area contributed by atoms with Crippen LogP contribution >= 0.6 is 11.6 Å². The summed E-state index contributed by atoms with van der Waals surface area (Å²) in [6, 6.07) is 11.3. The van der Waals surface area contributed by atoms with E-state index in [2.05, 4.69) is 6.07 Å². The maximum absolute atomic E-state index is 12.1. The fraction of sp³-hybridized carbons (Fsp3) is 0.211. The number of hydrogen-bond donors (Lipinski definition) is 0. The van der Waals surface area contributed by atoms with E-state index in [1.54, 1.807) is 18.4 Å². The van der Waals surface area contributed by atoms with Gasteiger partial charge in [0.05, 0.1) is 12.7 Å². The zero-order valence-corrected chi connectivity index (χ0v) is 13.8. The molecule has 0 radical (unpaired) electrons. The van der Waals surface area contributed by atoms with E-state index in [1.165, 1.54) is 11.1 Å². The van der Waals surface area contributed by atoms with E-state index < -0.39 is 0 Å². The highest BCUT2D eigenvalue weighted by molar-refractivity contribution is 6.30. The second kappa shape index (κ2) is 6.47. The molecule has 23 heavy (non-hydrogen) atoms. The Kier molecular flexibility index (Phi) is 4.39. The quantitative estimate of drug-likeness (QED) is 0.633. The van der Waals surface area contributed by atoms with Gasteiger partial charge < -0.3 is 9.15 Å². The summed E-state index contributed by atoms with van der Waals surface area (Å²) >= 11 is 5.83. The standard InChI is InChI=1S/C19H17ClO3/c1-12-7-17-15(11-22-18(17)8-13(12)2)9-19(21)23-10-14-3-5-16(20)6-4-14/h3-8,11H,9-10H2,1-2H3. The number of halogens is 1. The highest BCUT2D eigenvalue weighted by Crippen LogP contribution is 2.25. The van der Waals surface area contributed by atoms with Crippen LogP contribution in [0.15, 0.2) is 47.1 Å². The first kappa shape index (κ1) is 15.6. The number of aryl methyl sites for hydroxylation is 2. The maximum Gasteiger partial charge on any atom is 0.310 e. The molecule has 0 aliphatic carbocycles. The van der Waals surface area contributed by atoms with Crippen molar-refractivity contribution >= 4 is 28.5 Å². The van der Waals surface area contributed by atoms with E-state index in [1.807, 2.05) is 32.0 Å². The summed E-state index contributed by atoms with van der Waals surface area (Å²) in [7, 11) is 0. The van der Waals surface area contributed by atoms with Gasteiger partial charge in [0.1, 0.15) is 12.2 Å². The highest BCUT2D eigenvalue weighted by atomic mass is 35.5. The zero-order valence-electron chi connectivity index (χ0n) is 13.1. The van der Waals surface area contributed by atoms with Crippen LogP contribution in [-0.4, -0.2) is 5.97 Å². The molecule has 0 saturated carbocycles. The van der Waals surface area contributed by atoms with Gasteiger partial charge in [-0.2, -0.15) is 0 Å². The third kappa shape index (κ3) is 3.57. The fourth-order valence-electron chi connectivity index (χ4n) is 2.42. The Morgan fingerprint density at radius 2 is 1.83 bits per heavy atom. The first-order valence-electron chi connectivity index (χ1n) is 7.40. The molecule has 1 heterocycles. The summed E-state index contributed by atoms with van der Waals surface area (Å²) in [5.41, 5.74) is 4.91. The van der Waals surface area contributed by atoms with Crippen molar-refractivity contribution in [1.82, 2.24) is 0 Å². The van der Waals surface area contributed by atoms with E-state index in [0.717, 1.165) is 22.1 Å². The molecule has 0 aliphatic rings. The topological polar surface area (TPSA) is 39.4 Å². The molecule has 3 rings (SSSR count). The lowest BCUT2D eigenvalue weighted by Crippen LogP contribution is -2.07. The molecule has 1 aromatic heterocycles. The number of ether oxygens (including phenoxy) is 1. The molecule has 0 aliphatic heterocycles. The number of esters is 1. The number of carbonyl (C=O) groups is 1. The average molecular weight is 329 g/mol. The molecule has 0 atom stereocenters. The van der Waals surface area contributed by atoms with Gasteiger partial charge in [-0.05, 0) is 54.8 Å². The lowest BCUT2D eigenvalue weighted by Gasteiger charge is -2.05. The number of benzene rings is 2. The minimum atomic E-state index is -0.277. The van der Waals surface area contributed by atoms with Crippen LogP contribution in [0.2, 0.25) is 5.02 Å². The Labute approximate surface area is 139 Å². The maximum atomic E-state index is 12.1. The largest absolute Gasteiger partial charge is 0.464 e. The number of rotatable bonds is 4. The van der Waals surface area contributed by atoms with Crippen molar-refractivity contribution < 1.29 is 13.9 Å². The van der Waals surface area contributed by atoms with Crippen LogP contribution < -0.4 is 0 Å². The van der Waals surface area contributed by atoms with Crippen molar-refractivity contribution in [2.24, 2.45) is 0 Å². The minimum absolute atomic E-state index is 0.198. The van der Waals surface area contributed by atoms with Crippen molar-refractivity contribution in [3.8, 4) is 0 Å². The first-order valence-corrected chi connectivity index (χ1v) is 7.78. The SMILES string of the molecule is Cc1cc2occ(CC(=O)OCc3ccc(Cl)cc3)c2cc1C. The molecule has 4 heteroatoms.